The smallest absolute Gasteiger partial charge is 0.121 e. The number of hydrogen-bond acceptors (Lipinski definition) is 5. The second-order valence-corrected chi connectivity index (χ2v) is 4.60. The van der Waals surface area contributed by atoms with Crippen LogP contribution in [0.2, 0.25) is 0 Å². The normalized spacial score (nSPS) is 12.2. The summed E-state index contributed by atoms with van der Waals surface area (Å²) < 4.78 is 15.8. The minimum atomic E-state index is 0.262. The second kappa shape index (κ2) is 10.5. The van der Waals surface area contributed by atoms with Crippen molar-refractivity contribution in [2.45, 2.75) is 18.9 Å². The molecule has 1 atom stereocenters. The van der Waals surface area contributed by atoms with E-state index in [9.17, 15) is 0 Å². The summed E-state index contributed by atoms with van der Waals surface area (Å²) in [4.78, 5) is 0. The van der Waals surface area contributed by atoms with Crippen molar-refractivity contribution in [1.29, 1.82) is 0 Å². The summed E-state index contributed by atoms with van der Waals surface area (Å²) in [6, 6.07) is 8.18. The van der Waals surface area contributed by atoms with Crippen LogP contribution in [0.25, 0.3) is 0 Å². The molecule has 0 radical (unpaired) electrons. The van der Waals surface area contributed by atoms with Crippen LogP contribution >= 0.6 is 0 Å². The minimum Gasteiger partial charge on any atom is -0.491 e. The highest BCUT2D eigenvalue weighted by atomic mass is 16.5. The molecule has 0 saturated heterocycles. The molecule has 5 heteroatoms. The predicted octanol–water partition coefficient (Wildman–Crippen LogP) is 1.88. The van der Waals surface area contributed by atoms with E-state index in [0.29, 0.717) is 26.4 Å². The molecule has 0 aliphatic heterocycles. The van der Waals surface area contributed by atoms with Crippen molar-refractivity contribution < 1.29 is 14.2 Å². The van der Waals surface area contributed by atoms with Crippen LogP contribution in [-0.2, 0) is 9.47 Å². The third kappa shape index (κ3) is 6.75. The van der Waals surface area contributed by atoms with E-state index in [-0.39, 0.29) is 6.04 Å². The highest BCUT2D eigenvalue weighted by molar-refractivity contribution is 5.48. The van der Waals surface area contributed by atoms with E-state index in [2.05, 4.69) is 5.32 Å². The third-order valence-corrected chi connectivity index (χ3v) is 2.89. The first-order valence-electron chi connectivity index (χ1n) is 6.97. The van der Waals surface area contributed by atoms with Gasteiger partial charge in [-0.3, -0.25) is 0 Å². The summed E-state index contributed by atoms with van der Waals surface area (Å²) in [6.45, 7) is 2.49. The Morgan fingerprint density at radius 3 is 2.75 bits per heavy atom. The van der Waals surface area contributed by atoms with Crippen molar-refractivity contribution in [3.63, 3.8) is 0 Å². The molecule has 0 amide bonds. The number of nitrogens with two attached hydrogens (primary N) is 1. The first kappa shape index (κ1) is 16.8. The molecule has 0 fully saturated rings. The molecule has 1 aromatic rings. The van der Waals surface area contributed by atoms with Gasteiger partial charge in [0.2, 0.25) is 0 Å². The van der Waals surface area contributed by atoms with Gasteiger partial charge >= 0.3 is 0 Å². The van der Waals surface area contributed by atoms with Crippen LogP contribution in [-0.4, -0.2) is 46.6 Å². The molecule has 114 valence electrons. The molecule has 0 bridgehead atoms. The van der Waals surface area contributed by atoms with E-state index in [4.69, 9.17) is 19.9 Å². The monoisotopic (exact) mass is 282 g/mol. The Hall–Kier alpha value is -1.30. The van der Waals surface area contributed by atoms with Crippen molar-refractivity contribution in [2.75, 3.05) is 45.9 Å². The maximum Gasteiger partial charge on any atom is 0.121 e. The lowest BCUT2D eigenvalue weighted by atomic mass is 10.1. The van der Waals surface area contributed by atoms with Gasteiger partial charge in [0.15, 0.2) is 0 Å². The summed E-state index contributed by atoms with van der Waals surface area (Å²) in [5.41, 5.74) is 6.58. The van der Waals surface area contributed by atoms with Gasteiger partial charge in [-0.25, -0.2) is 0 Å². The molecule has 20 heavy (non-hydrogen) atoms. The fourth-order valence-corrected chi connectivity index (χ4v) is 1.92. The first-order valence-corrected chi connectivity index (χ1v) is 6.97. The average Bonchev–Trinajstić information content (AvgIpc) is 2.46. The Labute approximate surface area is 121 Å². The van der Waals surface area contributed by atoms with Gasteiger partial charge in [0.1, 0.15) is 12.4 Å². The molecule has 1 rings (SSSR count). The standard InChI is InChI=1S/C15H26N2O3/c1-18-9-10-20-15-7-3-5-13(11-15)17-14(12-19-2)6-4-8-16/h3,5,7,11,14,17H,4,6,8-10,12,16H2,1-2H3. The molecule has 1 unspecified atom stereocenters. The van der Waals surface area contributed by atoms with Crippen molar-refractivity contribution >= 4 is 5.69 Å². The molecule has 0 aliphatic rings. The molecule has 3 N–H and O–H groups in total. The van der Waals surface area contributed by atoms with Gasteiger partial charge in [0.05, 0.1) is 13.2 Å². The van der Waals surface area contributed by atoms with Gasteiger partial charge in [0, 0.05) is 32.0 Å². The van der Waals surface area contributed by atoms with E-state index in [0.717, 1.165) is 24.3 Å². The summed E-state index contributed by atoms with van der Waals surface area (Å²) in [6.07, 6.45) is 1.96. The fourth-order valence-electron chi connectivity index (χ4n) is 1.92. The summed E-state index contributed by atoms with van der Waals surface area (Å²) in [7, 11) is 3.37. The van der Waals surface area contributed by atoms with Crippen LogP contribution in [0.1, 0.15) is 12.8 Å². The lowest BCUT2D eigenvalue weighted by molar-refractivity contribution is 0.146. The zero-order chi connectivity index (χ0) is 14.6. The molecular weight excluding hydrogens is 256 g/mol. The number of hydrogen-bond donors (Lipinski definition) is 2. The van der Waals surface area contributed by atoms with Crippen molar-refractivity contribution in [2.24, 2.45) is 5.73 Å². The van der Waals surface area contributed by atoms with Crippen LogP contribution in [0.4, 0.5) is 5.69 Å². The quantitative estimate of drug-likeness (QED) is 0.607. The van der Waals surface area contributed by atoms with Gasteiger partial charge in [-0.15, -0.1) is 0 Å². The van der Waals surface area contributed by atoms with Crippen LogP contribution in [0, 0.1) is 0 Å². The van der Waals surface area contributed by atoms with Crippen LogP contribution in [0.15, 0.2) is 24.3 Å². The molecule has 1 aromatic carbocycles. The van der Waals surface area contributed by atoms with Gasteiger partial charge in [0.25, 0.3) is 0 Å². The Balaban J connectivity index is 2.53. The lowest BCUT2D eigenvalue weighted by Crippen LogP contribution is -2.25. The molecule has 5 nitrogen and oxygen atoms in total. The maximum atomic E-state index is 5.59. The van der Waals surface area contributed by atoms with Crippen molar-refractivity contribution in [3.8, 4) is 5.75 Å². The summed E-state index contributed by atoms with van der Waals surface area (Å²) in [5, 5.41) is 3.45. The number of ether oxygens (including phenoxy) is 3. The van der Waals surface area contributed by atoms with Gasteiger partial charge in [-0.1, -0.05) is 6.07 Å². The lowest BCUT2D eigenvalue weighted by Gasteiger charge is -2.19. The van der Waals surface area contributed by atoms with E-state index in [1.807, 2.05) is 24.3 Å². The van der Waals surface area contributed by atoms with Gasteiger partial charge < -0.3 is 25.3 Å². The zero-order valence-electron chi connectivity index (χ0n) is 12.4. The number of anilines is 1. The Bertz CT molecular complexity index is 361. The molecule has 0 heterocycles. The first-order chi connectivity index (χ1) is 9.80. The molecule has 0 aliphatic carbocycles. The maximum absolute atomic E-state index is 5.59. The second-order valence-electron chi connectivity index (χ2n) is 4.60. The number of methoxy groups -OCH3 is 2. The fraction of sp³-hybridized carbons (Fsp3) is 0.600. The highest BCUT2D eigenvalue weighted by Gasteiger charge is 2.08. The summed E-state index contributed by atoms with van der Waals surface area (Å²) >= 11 is 0. The van der Waals surface area contributed by atoms with Crippen LogP contribution in [0.5, 0.6) is 5.75 Å². The number of benzene rings is 1. The Morgan fingerprint density at radius 2 is 2.05 bits per heavy atom. The number of rotatable bonds is 11. The largest absolute Gasteiger partial charge is 0.491 e. The van der Waals surface area contributed by atoms with Crippen LogP contribution in [0.3, 0.4) is 0 Å². The van der Waals surface area contributed by atoms with E-state index in [1.54, 1.807) is 14.2 Å². The highest BCUT2D eigenvalue weighted by Crippen LogP contribution is 2.19. The molecule has 0 saturated carbocycles. The molecule has 0 spiro atoms. The SMILES string of the molecule is COCCOc1cccc(NC(CCCN)COC)c1. The van der Waals surface area contributed by atoms with Crippen molar-refractivity contribution in [3.05, 3.63) is 24.3 Å². The van der Waals surface area contributed by atoms with E-state index in [1.165, 1.54) is 0 Å². The van der Waals surface area contributed by atoms with Crippen molar-refractivity contribution in [1.82, 2.24) is 0 Å². The zero-order valence-corrected chi connectivity index (χ0v) is 12.4. The van der Waals surface area contributed by atoms with Gasteiger partial charge in [-0.2, -0.15) is 0 Å². The third-order valence-electron chi connectivity index (χ3n) is 2.89. The Kier molecular flexibility index (Phi) is 8.78. The molecule has 0 aromatic heterocycles. The van der Waals surface area contributed by atoms with E-state index < -0.39 is 0 Å². The van der Waals surface area contributed by atoms with Gasteiger partial charge in [-0.05, 0) is 31.5 Å². The predicted molar refractivity (Wildman–Crippen MR) is 81.4 cm³/mol. The Morgan fingerprint density at radius 1 is 1.20 bits per heavy atom. The summed E-state index contributed by atoms with van der Waals surface area (Å²) in [5.74, 6) is 0.835. The molecular formula is C15H26N2O3. The minimum absolute atomic E-state index is 0.262. The number of nitrogens with one attached hydrogen (secondary N) is 1. The topological polar surface area (TPSA) is 65.7 Å². The van der Waals surface area contributed by atoms with Crippen LogP contribution < -0.4 is 15.8 Å². The average molecular weight is 282 g/mol. The van der Waals surface area contributed by atoms with E-state index >= 15 is 0 Å².